The standard InChI is InChI=1S/C19H17N7/c20-14-16-13-17(3-7-22-16)25-9-11-26(12-10-25)19-23-8-4-18(24-19)15-1-5-21-6-2-15/h1-8,13H,9-12H2. The summed E-state index contributed by atoms with van der Waals surface area (Å²) in [6.45, 7) is 3.34. The summed E-state index contributed by atoms with van der Waals surface area (Å²) in [4.78, 5) is 21.7. The van der Waals surface area contributed by atoms with E-state index >= 15 is 0 Å². The zero-order valence-electron chi connectivity index (χ0n) is 14.2. The molecule has 4 heterocycles. The Morgan fingerprint density at radius 2 is 1.58 bits per heavy atom. The lowest BCUT2D eigenvalue weighted by Gasteiger charge is -2.36. The Balaban J connectivity index is 1.47. The third-order valence-corrected chi connectivity index (χ3v) is 4.40. The van der Waals surface area contributed by atoms with Gasteiger partial charge in [0.2, 0.25) is 5.95 Å². The molecule has 0 saturated carbocycles. The molecule has 0 atom stereocenters. The quantitative estimate of drug-likeness (QED) is 0.720. The Hall–Kier alpha value is -3.53. The first-order chi connectivity index (χ1) is 12.8. The van der Waals surface area contributed by atoms with Crippen molar-refractivity contribution in [3.05, 3.63) is 60.8 Å². The van der Waals surface area contributed by atoms with Crippen molar-refractivity contribution in [3.63, 3.8) is 0 Å². The van der Waals surface area contributed by atoms with Crippen molar-refractivity contribution >= 4 is 11.6 Å². The van der Waals surface area contributed by atoms with Crippen LogP contribution >= 0.6 is 0 Å². The van der Waals surface area contributed by atoms with E-state index in [4.69, 9.17) is 10.2 Å². The SMILES string of the molecule is N#Cc1cc(N2CCN(c3nccc(-c4ccncc4)n3)CC2)ccn1. The van der Waals surface area contributed by atoms with Crippen molar-refractivity contribution in [3.8, 4) is 17.3 Å². The molecule has 7 nitrogen and oxygen atoms in total. The van der Waals surface area contributed by atoms with Gasteiger partial charge in [-0.2, -0.15) is 5.26 Å². The first-order valence-corrected chi connectivity index (χ1v) is 8.43. The van der Waals surface area contributed by atoms with Crippen LogP contribution in [0.15, 0.2) is 55.1 Å². The van der Waals surface area contributed by atoms with E-state index < -0.39 is 0 Å². The predicted molar refractivity (Wildman–Crippen MR) is 98.6 cm³/mol. The number of pyridine rings is 2. The van der Waals surface area contributed by atoms with Crippen LogP contribution in [0.1, 0.15) is 5.69 Å². The second-order valence-corrected chi connectivity index (χ2v) is 5.96. The molecular weight excluding hydrogens is 326 g/mol. The number of nitrogens with zero attached hydrogens (tertiary/aromatic N) is 7. The van der Waals surface area contributed by atoms with Gasteiger partial charge in [-0.05, 0) is 30.3 Å². The number of hydrogen-bond donors (Lipinski definition) is 0. The molecule has 3 aromatic rings. The zero-order chi connectivity index (χ0) is 17.8. The molecule has 1 saturated heterocycles. The van der Waals surface area contributed by atoms with Gasteiger partial charge in [0.05, 0.1) is 5.69 Å². The number of hydrogen-bond acceptors (Lipinski definition) is 7. The van der Waals surface area contributed by atoms with E-state index in [1.807, 2.05) is 30.3 Å². The predicted octanol–water partition coefficient (Wildman–Crippen LogP) is 2.13. The first-order valence-electron chi connectivity index (χ1n) is 8.43. The van der Waals surface area contributed by atoms with Crippen molar-refractivity contribution in [2.45, 2.75) is 0 Å². The van der Waals surface area contributed by atoms with Crippen molar-refractivity contribution < 1.29 is 0 Å². The molecule has 1 aliphatic rings. The van der Waals surface area contributed by atoms with Crippen LogP contribution in [-0.2, 0) is 0 Å². The number of anilines is 2. The lowest BCUT2D eigenvalue weighted by atomic mass is 10.2. The molecule has 0 aromatic carbocycles. The van der Waals surface area contributed by atoms with Crippen LogP contribution in [0.5, 0.6) is 0 Å². The lowest BCUT2D eigenvalue weighted by molar-refractivity contribution is 0.640. The summed E-state index contributed by atoms with van der Waals surface area (Å²) in [5.41, 5.74) is 3.40. The average molecular weight is 343 g/mol. The van der Waals surface area contributed by atoms with Crippen LogP contribution in [-0.4, -0.2) is 46.1 Å². The van der Waals surface area contributed by atoms with E-state index in [9.17, 15) is 0 Å². The molecule has 1 aliphatic heterocycles. The van der Waals surface area contributed by atoms with Gasteiger partial charge in [-0.25, -0.2) is 15.0 Å². The van der Waals surface area contributed by atoms with Gasteiger partial charge in [0.1, 0.15) is 11.8 Å². The minimum absolute atomic E-state index is 0.443. The maximum absolute atomic E-state index is 9.01. The summed E-state index contributed by atoms with van der Waals surface area (Å²) in [6, 6.07) is 11.7. The molecule has 0 spiro atoms. The number of aromatic nitrogens is 4. The highest BCUT2D eigenvalue weighted by atomic mass is 15.3. The molecule has 128 valence electrons. The monoisotopic (exact) mass is 343 g/mol. The van der Waals surface area contributed by atoms with E-state index in [1.54, 1.807) is 24.8 Å². The topological polar surface area (TPSA) is 81.8 Å². The van der Waals surface area contributed by atoms with E-state index in [0.29, 0.717) is 5.69 Å². The molecule has 3 aromatic heterocycles. The third kappa shape index (κ3) is 3.30. The molecule has 4 rings (SSSR count). The van der Waals surface area contributed by atoms with Gasteiger partial charge in [-0.3, -0.25) is 4.98 Å². The largest absolute Gasteiger partial charge is 0.368 e. The summed E-state index contributed by atoms with van der Waals surface area (Å²) in [7, 11) is 0. The normalized spacial score (nSPS) is 14.1. The van der Waals surface area contributed by atoms with Gasteiger partial charge in [-0.15, -0.1) is 0 Å². The molecule has 0 unspecified atom stereocenters. The number of piperazine rings is 1. The molecule has 0 radical (unpaired) electrons. The van der Waals surface area contributed by atoms with Crippen LogP contribution in [0, 0.1) is 11.3 Å². The molecule has 0 bridgehead atoms. The Morgan fingerprint density at radius 3 is 2.35 bits per heavy atom. The zero-order valence-corrected chi connectivity index (χ0v) is 14.2. The maximum atomic E-state index is 9.01. The molecular formula is C19H17N7. The highest BCUT2D eigenvalue weighted by molar-refractivity contribution is 5.59. The first kappa shape index (κ1) is 16.0. The fraction of sp³-hybridized carbons (Fsp3) is 0.211. The fourth-order valence-electron chi connectivity index (χ4n) is 3.03. The highest BCUT2D eigenvalue weighted by Gasteiger charge is 2.20. The van der Waals surface area contributed by atoms with E-state index in [1.165, 1.54) is 0 Å². The molecule has 0 amide bonds. The van der Waals surface area contributed by atoms with Crippen LogP contribution in [0.3, 0.4) is 0 Å². The summed E-state index contributed by atoms with van der Waals surface area (Å²) >= 11 is 0. The Morgan fingerprint density at radius 1 is 0.846 bits per heavy atom. The second kappa shape index (κ2) is 7.15. The molecule has 1 fully saturated rings. The van der Waals surface area contributed by atoms with E-state index in [2.05, 4.69) is 30.8 Å². The van der Waals surface area contributed by atoms with Crippen LogP contribution < -0.4 is 9.80 Å². The third-order valence-electron chi connectivity index (χ3n) is 4.40. The Labute approximate surface area is 151 Å². The molecule has 0 aliphatic carbocycles. The van der Waals surface area contributed by atoms with Crippen LogP contribution in [0.4, 0.5) is 11.6 Å². The average Bonchev–Trinajstić information content (AvgIpc) is 2.75. The number of nitriles is 1. The van der Waals surface area contributed by atoms with Gasteiger partial charge in [0.25, 0.3) is 0 Å². The van der Waals surface area contributed by atoms with Gasteiger partial charge in [-0.1, -0.05) is 0 Å². The van der Waals surface area contributed by atoms with E-state index in [-0.39, 0.29) is 0 Å². The summed E-state index contributed by atoms with van der Waals surface area (Å²) in [6.07, 6.45) is 7.01. The smallest absolute Gasteiger partial charge is 0.225 e. The maximum Gasteiger partial charge on any atom is 0.225 e. The highest BCUT2D eigenvalue weighted by Crippen LogP contribution is 2.21. The van der Waals surface area contributed by atoms with Crippen LogP contribution in [0.2, 0.25) is 0 Å². The second-order valence-electron chi connectivity index (χ2n) is 5.96. The minimum Gasteiger partial charge on any atom is -0.368 e. The molecule has 26 heavy (non-hydrogen) atoms. The Kier molecular flexibility index (Phi) is 4.39. The van der Waals surface area contributed by atoms with Gasteiger partial charge < -0.3 is 9.80 Å². The van der Waals surface area contributed by atoms with Crippen molar-refractivity contribution in [2.24, 2.45) is 0 Å². The van der Waals surface area contributed by atoms with Crippen molar-refractivity contribution in [1.82, 2.24) is 19.9 Å². The fourth-order valence-corrected chi connectivity index (χ4v) is 3.03. The lowest BCUT2D eigenvalue weighted by Crippen LogP contribution is -2.47. The van der Waals surface area contributed by atoms with E-state index in [0.717, 1.165) is 49.1 Å². The van der Waals surface area contributed by atoms with Gasteiger partial charge >= 0.3 is 0 Å². The van der Waals surface area contributed by atoms with Crippen LogP contribution in [0.25, 0.3) is 11.3 Å². The summed E-state index contributed by atoms with van der Waals surface area (Å²) in [5, 5.41) is 9.01. The van der Waals surface area contributed by atoms with Crippen molar-refractivity contribution in [2.75, 3.05) is 36.0 Å². The molecule has 0 N–H and O–H groups in total. The summed E-state index contributed by atoms with van der Waals surface area (Å²) < 4.78 is 0. The van der Waals surface area contributed by atoms with Gasteiger partial charge in [0.15, 0.2) is 0 Å². The minimum atomic E-state index is 0.443. The molecule has 7 heteroatoms. The number of rotatable bonds is 3. The summed E-state index contributed by atoms with van der Waals surface area (Å²) in [5.74, 6) is 0.742. The van der Waals surface area contributed by atoms with Gasteiger partial charge in [0, 0.05) is 62.2 Å². The van der Waals surface area contributed by atoms with Crippen molar-refractivity contribution in [1.29, 1.82) is 5.26 Å². The Bertz CT molecular complexity index is 928.